The van der Waals surface area contributed by atoms with Crippen molar-refractivity contribution >= 4 is 17.0 Å². The number of aromatic nitrogens is 2. The first-order valence-corrected chi connectivity index (χ1v) is 7.03. The van der Waals surface area contributed by atoms with Crippen molar-refractivity contribution in [3.8, 4) is 0 Å². The lowest BCUT2D eigenvalue weighted by Crippen LogP contribution is -2.45. The van der Waals surface area contributed by atoms with Gasteiger partial charge >= 0.3 is 0 Å². The van der Waals surface area contributed by atoms with Crippen LogP contribution >= 0.6 is 0 Å². The van der Waals surface area contributed by atoms with Crippen molar-refractivity contribution in [3.63, 3.8) is 0 Å². The lowest BCUT2D eigenvalue weighted by atomic mass is 9.92. The van der Waals surface area contributed by atoms with Crippen molar-refractivity contribution in [2.24, 2.45) is 0 Å². The van der Waals surface area contributed by atoms with Gasteiger partial charge in [0.05, 0.1) is 24.0 Å². The lowest BCUT2D eigenvalue weighted by Gasteiger charge is -2.28. The molecule has 1 aliphatic carbocycles. The summed E-state index contributed by atoms with van der Waals surface area (Å²) in [6, 6.07) is -0.286. The summed E-state index contributed by atoms with van der Waals surface area (Å²) in [5, 5.41) is 12.9. The monoisotopic (exact) mass is 291 g/mol. The van der Waals surface area contributed by atoms with E-state index in [2.05, 4.69) is 15.3 Å². The van der Waals surface area contributed by atoms with Gasteiger partial charge in [-0.1, -0.05) is 12.8 Å². The minimum absolute atomic E-state index is 0.144. The molecule has 2 aromatic heterocycles. The van der Waals surface area contributed by atoms with Gasteiger partial charge in [0.2, 0.25) is 5.71 Å². The maximum absolute atomic E-state index is 12.4. The van der Waals surface area contributed by atoms with E-state index >= 15 is 0 Å². The largest absolute Gasteiger partial charge is 0.442 e. The van der Waals surface area contributed by atoms with Crippen molar-refractivity contribution in [2.45, 2.75) is 44.8 Å². The molecule has 0 aliphatic heterocycles. The summed E-state index contributed by atoms with van der Waals surface area (Å²) in [7, 11) is 0. The second-order valence-electron chi connectivity index (χ2n) is 5.38. The molecule has 0 aromatic carbocycles. The molecule has 0 radical (unpaired) electrons. The molecular formula is C14H17N3O4. The van der Waals surface area contributed by atoms with Crippen LogP contribution in [0.5, 0.6) is 0 Å². The Hall–Kier alpha value is -2.15. The minimum atomic E-state index is -0.544. The number of aliphatic hydroxyl groups is 1. The van der Waals surface area contributed by atoms with Crippen LogP contribution in [0.2, 0.25) is 0 Å². The Labute approximate surface area is 120 Å². The van der Waals surface area contributed by atoms with Crippen molar-refractivity contribution in [1.29, 1.82) is 0 Å². The number of H-pyrrole nitrogens is 1. The lowest BCUT2D eigenvalue weighted by molar-refractivity contribution is 0.0717. The van der Waals surface area contributed by atoms with E-state index in [1.54, 1.807) is 6.92 Å². The highest BCUT2D eigenvalue weighted by molar-refractivity contribution is 6.06. The Bertz CT molecular complexity index is 733. The van der Waals surface area contributed by atoms with Gasteiger partial charge in [-0.2, -0.15) is 0 Å². The Morgan fingerprint density at radius 3 is 3.00 bits per heavy atom. The summed E-state index contributed by atoms with van der Waals surface area (Å²) >= 11 is 0. The third-order valence-corrected chi connectivity index (χ3v) is 3.94. The van der Waals surface area contributed by atoms with E-state index in [0.717, 1.165) is 19.3 Å². The number of amides is 1. The molecule has 2 atom stereocenters. The molecule has 7 nitrogen and oxygen atoms in total. The van der Waals surface area contributed by atoms with Crippen molar-refractivity contribution in [2.75, 3.05) is 0 Å². The number of aromatic amines is 1. The third-order valence-electron chi connectivity index (χ3n) is 3.94. The number of aliphatic hydroxyl groups excluding tert-OH is 1. The van der Waals surface area contributed by atoms with Crippen molar-refractivity contribution < 1.29 is 14.3 Å². The molecule has 3 N–H and O–H groups in total. The molecule has 1 aliphatic rings. The molecule has 112 valence electrons. The van der Waals surface area contributed by atoms with Gasteiger partial charge in [0.15, 0.2) is 0 Å². The van der Waals surface area contributed by atoms with Crippen molar-refractivity contribution in [1.82, 2.24) is 15.3 Å². The van der Waals surface area contributed by atoms with Crippen LogP contribution in [0.1, 0.15) is 41.8 Å². The zero-order valence-electron chi connectivity index (χ0n) is 11.7. The van der Waals surface area contributed by atoms with E-state index in [0.29, 0.717) is 12.2 Å². The van der Waals surface area contributed by atoms with E-state index in [4.69, 9.17) is 4.42 Å². The van der Waals surface area contributed by atoms with Gasteiger partial charge in [0, 0.05) is 0 Å². The highest BCUT2D eigenvalue weighted by Crippen LogP contribution is 2.22. The van der Waals surface area contributed by atoms with Crippen LogP contribution in [-0.2, 0) is 0 Å². The molecule has 0 saturated heterocycles. The molecule has 21 heavy (non-hydrogen) atoms. The average Bonchev–Trinajstić information content (AvgIpc) is 2.79. The fourth-order valence-electron chi connectivity index (χ4n) is 2.85. The van der Waals surface area contributed by atoms with Crippen LogP contribution < -0.4 is 10.9 Å². The number of nitrogens with zero attached hydrogens (tertiary/aromatic N) is 1. The number of hydrogen-bond acceptors (Lipinski definition) is 5. The zero-order chi connectivity index (χ0) is 15.0. The Morgan fingerprint density at radius 2 is 2.24 bits per heavy atom. The molecule has 2 heterocycles. The van der Waals surface area contributed by atoms with Gasteiger partial charge in [0.1, 0.15) is 11.1 Å². The maximum Gasteiger partial charge on any atom is 0.262 e. The average molecular weight is 291 g/mol. The summed E-state index contributed by atoms with van der Waals surface area (Å²) in [6.07, 6.45) is 4.03. The first-order chi connectivity index (χ1) is 10.1. The second-order valence-corrected chi connectivity index (χ2v) is 5.38. The first-order valence-electron chi connectivity index (χ1n) is 7.03. The number of rotatable bonds is 2. The Balaban J connectivity index is 1.94. The van der Waals surface area contributed by atoms with Gasteiger partial charge in [-0.05, 0) is 19.8 Å². The molecule has 2 aromatic rings. The summed E-state index contributed by atoms with van der Waals surface area (Å²) in [4.78, 5) is 30.7. The van der Waals surface area contributed by atoms with Crippen LogP contribution in [-0.4, -0.2) is 33.1 Å². The highest BCUT2D eigenvalue weighted by Gasteiger charge is 2.28. The van der Waals surface area contributed by atoms with Gasteiger partial charge in [0.25, 0.3) is 11.5 Å². The molecule has 1 saturated carbocycles. The quantitative estimate of drug-likeness (QED) is 0.760. The number of furan rings is 1. The van der Waals surface area contributed by atoms with Gasteiger partial charge in [-0.3, -0.25) is 9.59 Å². The van der Waals surface area contributed by atoms with Crippen LogP contribution in [0.25, 0.3) is 11.1 Å². The predicted molar refractivity (Wildman–Crippen MR) is 75.1 cm³/mol. The molecule has 0 spiro atoms. The number of nitrogens with one attached hydrogen (secondary N) is 2. The minimum Gasteiger partial charge on any atom is -0.442 e. The molecular weight excluding hydrogens is 274 g/mol. The zero-order valence-corrected chi connectivity index (χ0v) is 11.7. The van der Waals surface area contributed by atoms with Crippen LogP contribution in [0.3, 0.4) is 0 Å². The van der Waals surface area contributed by atoms with E-state index in [9.17, 15) is 14.7 Å². The van der Waals surface area contributed by atoms with E-state index in [1.807, 2.05) is 0 Å². The van der Waals surface area contributed by atoms with E-state index in [1.165, 1.54) is 6.33 Å². The maximum atomic E-state index is 12.4. The van der Waals surface area contributed by atoms with Crippen molar-refractivity contribution in [3.05, 3.63) is 28.0 Å². The van der Waals surface area contributed by atoms with Gasteiger partial charge in [-0.15, -0.1) is 0 Å². The number of carbonyl (C=O) groups excluding carboxylic acids is 1. The molecule has 0 bridgehead atoms. The number of hydrogen-bond donors (Lipinski definition) is 3. The number of carbonyl (C=O) groups is 1. The second kappa shape index (κ2) is 5.33. The Morgan fingerprint density at radius 1 is 1.48 bits per heavy atom. The summed E-state index contributed by atoms with van der Waals surface area (Å²) in [5.74, 6) is -0.0623. The fourth-order valence-corrected chi connectivity index (χ4v) is 2.85. The van der Waals surface area contributed by atoms with Gasteiger partial charge < -0.3 is 19.8 Å². The number of fused-ring (bicyclic) bond motifs is 1. The van der Waals surface area contributed by atoms with E-state index in [-0.39, 0.29) is 22.7 Å². The topological polar surface area (TPSA) is 108 Å². The Kier molecular flexibility index (Phi) is 3.50. The van der Waals surface area contributed by atoms with Crippen LogP contribution in [0, 0.1) is 6.92 Å². The first kappa shape index (κ1) is 13.8. The SMILES string of the molecule is Cc1oc2nc[nH]c(=O)c2c1C(=O)NC1CCCCC1O. The molecule has 2 unspecified atom stereocenters. The molecule has 7 heteroatoms. The smallest absolute Gasteiger partial charge is 0.262 e. The van der Waals surface area contributed by atoms with Crippen LogP contribution in [0.15, 0.2) is 15.5 Å². The standard InChI is InChI=1S/C14H17N3O4/c1-7-10(11-12(19)15-6-16-14(11)21-7)13(20)17-8-4-2-3-5-9(8)18/h6,8-9,18H,2-5H2,1H3,(H,17,20)(H,15,16,19). The normalized spacial score (nSPS) is 22.4. The summed E-state index contributed by atoms with van der Waals surface area (Å²) in [6.45, 7) is 1.62. The third kappa shape index (κ3) is 2.44. The molecule has 1 fully saturated rings. The van der Waals surface area contributed by atoms with E-state index < -0.39 is 17.6 Å². The van der Waals surface area contributed by atoms with Gasteiger partial charge in [-0.25, -0.2) is 4.98 Å². The highest BCUT2D eigenvalue weighted by atomic mass is 16.3. The summed E-state index contributed by atoms with van der Waals surface area (Å²) in [5.41, 5.74) is -0.0751. The fraction of sp³-hybridized carbons (Fsp3) is 0.500. The molecule has 3 rings (SSSR count). The number of aryl methyl sites for hydroxylation is 1. The van der Waals surface area contributed by atoms with Crippen LogP contribution in [0.4, 0.5) is 0 Å². The predicted octanol–water partition coefficient (Wildman–Crippen LogP) is 0.858. The molecule has 1 amide bonds. The summed E-state index contributed by atoms with van der Waals surface area (Å²) < 4.78 is 5.36.